The fourth-order valence-corrected chi connectivity index (χ4v) is 1.97. The molecule has 0 amide bonds. The number of aryl methyl sites for hydroxylation is 1. The van der Waals surface area contributed by atoms with Gasteiger partial charge in [-0.2, -0.15) is 0 Å². The van der Waals surface area contributed by atoms with Crippen molar-refractivity contribution in [2.75, 3.05) is 7.11 Å². The highest BCUT2D eigenvalue weighted by Gasteiger charge is 2.24. The lowest BCUT2D eigenvalue weighted by Gasteiger charge is -2.12. The molecule has 0 aliphatic rings. The van der Waals surface area contributed by atoms with Gasteiger partial charge in [0.25, 0.3) is 0 Å². The topological polar surface area (TPSA) is 77.2 Å². The van der Waals surface area contributed by atoms with Gasteiger partial charge in [0.05, 0.1) is 19.0 Å². The largest absolute Gasteiger partial charge is 0.497 e. The maximum absolute atomic E-state index is 11.4. The first kappa shape index (κ1) is 13.1. The summed E-state index contributed by atoms with van der Waals surface area (Å²) < 4.78 is 6.62. The summed E-state index contributed by atoms with van der Waals surface area (Å²) in [4.78, 5) is 11.4. The summed E-state index contributed by atoms with van der Waals surface area (Å²) in [6, 6.07) is 7.38. The van der Waals surface area contributed by atoms with Crippen molar-refractivity contribution in [3.8, 4) is 5.75 Å². The predicted octanol–water partition coefficient (Wildman–Crippen LogP) is 1.23. The molecule has 6 heteroatoms. The van der Waals surface area contributed by atoms with E-state index in [0.29, 0.717) is 17.9 Å². The van der Waals surface area contributed by atoms with E-state index in [1.807, 2.05) is 24.3 Å². The number of aliphatic carboxylic acids is 1. The van der Waals surface area contributed by atoms with Crippen molar-refractivity contribution >= 4 is 5.97 Å². The van der Waals surface area contributed by atoms with E-state index in [-0.39, 0.29) is 0 Å². The zero-order chi connectivity index (χ0) is 13.8. The Labute approximate surface area is 110 Å². The van der Waals surface area contributed by atoms with Gasteiger partial charge in [-0.05, 0) is 24.1 Å². The minimum Gasteiger partial charge on any atom is -0.497 e. The first-order valence-electron chi connectivity index (χ1n) is 5.82. The molecule has 19 heavy (non-hydrogen) atoms. The van der Waals surface area contributed by atoms with Gasteiger partial charge in [-0.1, -0.05) is 17.3 Å². The zero-order valence-electron chi connectivity index (χ0n) is 10.8. The maximum atomic E-state index is 11.4. The molecule has 0 aliphatic carbocycles. The third-order valence-electron chi connectivity index (χ3n) is 2.98. The van der Waals surface area contributed by atoms with Crippen molar-refractivity contribution in [2.24, 2.45) is 7.05 Å². The van der Waals surface area contributed by atoms with Gasteiger partial charge in [0.2, 0.25) is 0 Å². The number of carboxylic acids is 1. The normalized spacial score (nSPS) is 12.1. The van der Waals surface area contributed by atoms with Crippen molar-refractivity contribution < 1.29 is 14.6 Å². The highest BCUT2D eigenvalue weighted by Crippen LogP contribution is 2.22. The monoisotopic (exact) mass is 261 g/mol. The lowest BCUT2D eigenvalue weighted by molar-refractivity contribution is -0.138. The standard InChI is InChI=1S/C13H15N3O3/c1-16-12(8-14-15-16)11(13(17)18)7-9-4-3-5-10(6-9)19-2/h3-6,8,11H,7H2,1-2H3,(H,17,18). The summed E-state index contributed by atoms with van der Waals surface area (Å²) in [7, 11) is 3.27. The summed E-state index contributed by atoms with van der Waals surface area (Å²) in [6.45, 7) is 0. The van der Waals surface area contributed by atoms with Crippen LogP contribution < -0.4 is 4.74 Å². The van der Waals surface area contributed by atoms with Gasteiger partial charge in [-0.3, -0.25) is 9.48 Å². The predicted molar refractivity (Wildman–Crippen MR) is 68.1 cm³/mol. The van der Waals surface area contributed by atoms with Crippen molar-refractivity contribution in [3.05, 3.63) is 41.7 Å². The highest BCUT2D eigenvalue weighted by molar-refractivity contribution is 5.75. The third kappa shape index (κ3) is 2.90. The lowest BCUT2D eigenvalue weighted by Crippen LogP contribution is -2.17. The van der Waals surface area contributed by atoms with Gasteiger partial charge in [0, 0.05) is 7.05 Å². The van der Waals surface area contributed by atoms with Crippen LogP contribution in [0.25, 0.3) is 0 Å². The number of nitrogens with zero attached hydrogens (tertiary/aromatic N) is 3. The van der Waals surface area contributed by atoms with E-state index < -0.39 is 11.9 Å². The highest BCUT2D eigenvalue weighted by atomic mass is 16.5. The van der Waals surface area contributed by atoms with Gasteiger partial charge < -0.3 is 9.84 Å². The van der Waals surface area contributed by atoms with Crippen molar-refractivity contribution in [2.45, 2.75) is 12.3 Å². The van der Waals surface area contributed by atoms with E-state index in [2.05, 4.69) is 10.3 Å². The molecule has 0 bridgehead atoms. The number of methoxy groups -OCH3 is 1. The molecular weight excluding hydrogens is 246 g/mol. The third-order valence-corrected chi connectivity index (χ3v) is 2.98. The molecule has 2 rings (SSSR count). The smallest absolute Gasteiger partial charge is 0.312 e. The van der Waals surface area contributed by atoms with Crippen LogP contribution in [0.3, 0.4) is 0 Å². The Kier molecular flexibility index (Phi) is 3.79. The Bertz CT molecular complexity index is 580. The van der Waals surface area contributed by atoms with Crippen LogP contribution >= 0.6 is 0 Å². The Morgan fingerprint density at radius 2 is 2.32 bits per heavy atom. The molecule has 0 spiro atoms. The number of carboxylic acid groups (broad SMARTS) is 1. The van der Waals surface area contributed by atoms with E-state index >= 15 is 0 Å². The Hall–Kier alpha value is -2.37. The van der Waals surface area contributed by atoms with Crippen molar-refractivity contribution in [1.82, 2.24) is 15.0 Å². The number of hydrogen-bond acceptors (Lipinski definition) is 4. The molecule has 1 heterocycles. The van der Waals surface area contributed by atoms with E-state index in [9.17, 15) is 9.90 Å². The summed E-state index contributed by atoms with van der Waals surface area (Å²) in [5, 5.41) is 16.9. The van der Waals surface area contributed by atoms with E-state index in [1.165, 1.54) is 10.9 Å². The second kappa shape index (κ2) is 5.51. The molecule has 1 aromatic heterocycles. The maximum Gasteiger partial charge on any atom is 0.312 e. The number of benzene rings is 1. The van der Waals surface area contributed by atoms with Crippen LogP contribution in [0.5, 0.6) is 5.75 Å². The second-order valence-corrected chi connectivity index (χ2v) is 4.23. The lowest BCUT2D eigenvalue weighted by atomic mass is 9.96. The van der Waals surface area contributed by atoms with Crippen LogP contribution in [0.2, 0.25) is 0 Å². The van der Waals surface area contributed by atoms with Crippen LogP contribution in [0.15, 0.2) is 30.5 Å². The molecular formula is C13H15N3O3. The van der Waals surface area contributed by atoms with Crippen LogP contribution in [0.4, 0.5) is 0 Å². The first-order chi connectivity index (χ1) is 9.11. The summed E-state index contributed by atoms with van der Waals surface area (Å²) in [5.41, 5.74) is 1.48. The Morgan fingerprint density at radius 3 is 2.89 bits per heavy atom. The summed E-state index contributed by atoms with van der Waals surface area (Å²) in [5.74, 6) is -0.856. The molecule has 1 N–H and O–H groups in total. The van der Waals surface area contributed by atoms with Gasteiger partial charge in [-0.25, -0.2) is 0 Å². The van der Waals surface area contributed by atoms with Crippen LogP contribution in [-0.2, 0) is 18.3 Å². The number of rotatable bonds is 5. The average Bonchev–Trinajstić information content (AvgIpc) is 2.82. The summed E-state index contributed by atoms with van der Waals surface area (Å²) >= 11 is 0. The van der Waals surface area contributed by atoms with Crippen LogP contribution in [0, 0.1) is 0 Å². The molecule has 2 aromatic rings. The second-order valence-electron chi connectivity index (χ2n) is 4.23. The minimum absolute atomic E-state index is 0.369. The Balaban J connectivity index is 2.27. The van der Waals surface area contributed by atoms with Gasteiger partial charge >= 0.3 is 5.97 Å². The molecule has 0 radical (unpaired) electrons. The molecule has 100 valence electrons. The molecule has 0 saturated carbocycles. The van der Waals surface area contributed by atoms with Gasteiger partial charge in [0.1, 0.15) is 11.7 Å². The molecule has 1 aromatic carbocycles. The quantitative estimate of drug-likeness (QED) is 0.876. The first-order valence-corrected chi connectivity index (χ1v) is 5.82. The SMILES string of the molecule is COc1cccc(CC(C(=O)O)c2cnnn2C)c1. The average molecular weight is 261 g/mol. The molecule has 0 fully saturated rings. The van der Waals surface area contributed by atoms with Crippen LogP contribution in [-0.4, -0.2) is 33.2 Å². The number of hydrogen-bond donors (Lipinski definition) is 1. The van der Waals surface area contributed by atoms with Gasteiger partial charge in [-0.15, -0.1) is 5.10 Å². The molecule has 0 saturated heterocycles. The Morgan fingerprint density at radius 1 is 1.53 bits per heavy atom. The van der Waals surface area contributed by atoms with Gasteiger partial charge in [0.15, 0.2) is 0 Å². The minimum atomic E-state index is -0.895. The van der Waals surface area contributed by atoms with E-state index in [4.69, 9.17) is 4.74 Å². The fourth-order valence-electron chi connectivity index (χ4n) is 1.97. The number of carbonyl (C=O) groups is 1. The van der Waals surface area contributed by atoms with E-state index in [1.54, 1.807) is 14.2 Å². The van der Waals surface area contributed by atoms with E-state index in [0.717, 1.165) is 5.56 Å². The molecule has 0 aliphatic heterocycles. The summed E-state index contributed by atoms with van der Waals surface area (Å²) in [6.07, 6.45) is 1.85. The fraction of sp³-hybridized carbons (Fsp3) is 0.308. The zero-order valence-corrected chi connectivity index (χ0v) is 10.8. The van der Waals surface area contributed by atoms with Crippen LogP contribution in [0.1, 0.15) is 17.2 Å². The van der Waals surface area contributed by atoms with Crippen molar-refractivity contribution in [1.29, 1.82) is 0 Å². The molecule has 1 unspecified atom stereocenters. The number of ether oxygens (including phenoxy) is 1. The molecule has 1 atom stereocenters. The van der Waals surface area contributed by atoms with Crippen molar-refractivity contribution in [3.63, 3.8) is 0 Å². The molecule has 6 nitrogen and oxygen atoms in total. The number of aromatic nitrogens is 3.